The molecule has 1 amide bonds. The fraction of sp³-hybridized carbons (Fsp3) is 0.273. The molecule has 0 unspecified atom stereocenters. The number of aromatic nitrogens is 1. The molecule has 1 aromatic heterocycles. The molecule has 6 nitrogen and oxygen atoms in total. The van der Waals surface area contributed by atoms with E-state index < -0.39 is 0 Å². The Labute approximate surface area is 163 Å². The van der Waals surface area contributed by atoms with E-state index in [1.165, 1.54) is 0 Å². The number of carbonyl (C=O) groups excluding carboxylic acids is 1. The number of benzene rings is 2. The van der Waals surface area contributed by atoms with Gasteiger partial charge in [-0.1, -0.05) is 24.3 Å². The standard InChI is InChI=1S/C22H24N2O4/c1-14-5-4-6-16-13-17(22(26)24-21(14)16)9-10-23-20(25)12-15-7-8-18(27-2)19(11-15)28-3/h4-8,11,13H,9-10,12H2,1-3H3,(H,23,25)(H,24,26). The van der Waals surface area contributed by atoms with Gasteiger partial charge in [-0.05, 0) is 48.1 Å². The first-order valence-electron chi connectivity index (χ1n) is 9.11. The second-order valence-electron chi connectivity index (χ2n) is 6.63. The molecule has 2 aromatic carbocycles. The molecular weight excluding hydrogens is 356 g/mol. The van der Waals surface area contributed by atoms with Crippen LogP contribution >= 0.6 is 0 Å². The van der Waals surface area contributed by atoms with E-state index in [0.717, 1.165) is 22.0 Å². The van der Waals surface area contributed by atoms with Crippen LogP contribution in [0.4, 0.5) is 0 Å². The molecule has 3 aromatic rings. The number of fused-ring (bicyclic) bond motifs is 1. The summed E-state index contributed by atoms with van der Waals surface area (Å²) in [5.41, 5.74) is 3.26. The Hall–Kier alpha value is -3.28. The highest BCUT2D eigenvalue weighted by molar-refractivity contribution is 5.82. The number of hydrogen-bond acceptors (Lipinski definition) is 4. The SMILES string of the molecule is COc1ccc(CC(=O)NCCc2cc3cccc(C)c3[nH]c2=O)cc1OC. The van der Waals surface area contributed by atoms with E-state index in [2.05, 4.69) is 10.3 Å². The van der Waals surface area contributed by atoms with Gasteiger partial charge in [-0.15, -0.1) is 0 Å². The van der Waals surface area contributed by atoms with Crippen molar-refractivity contribution >= 4 is 16.8 Å². The molecule has 0 spiro atoms. The van der Waals surface area contributed by atoms with Gasteiger partial charge in [-0.25, -0.2) is 0 Å². The van der Waals surface area contributed by atoms with Gasteiger partial charge < -0.3 is 19.8 Å². The number of H-pyrrole nitrogens is 1. The Morgan fingerprint density at radius 2 is 1.86 bits per heavy atom. The molecular formula is C22H24N2O4. The van der Waals surface area contributed by atoms with Gasteiger partial charge in [-0.3, -0.25) is 9.59 Å². The lowest BCUT2D eigenvalue weighted by Crippen LogP contribution is -2.28. The highest BCUT2D eigenvalue weighted by Crippen LogP contribution is 2.27. The maximum absolute atomic E-state index is 12.3. The Balaban J connectivity index is 1.61. The lowest BCUT2D eigenvalue weighted by molar-refractivity contribution is -0.120. The largest absolute Gasteiger partial charge is 0.493 e. The van der Waals surface area contributed by atoms with Gasteiger partial charge >= 0.3 is 0 Å². The summed E-state index contributed by atoms with van der Waals surface area (Å²) in [6, 6.07) is 13.2. The van der Waals surface area contributed by atoms with Crippen LogP contribution in [0.3, 0.4) is 0 Å². The average Bonchev–Trinajstić information content (AvgIpc) is 2.69. The van der Waals surface area contributed by atoms with Crippen molar-refractivity contribution in [2.24, 2.45) is 0 Å². The number of nitrogens with one attached hydrogen (secondary N) is 2. The summed E-state index contributed by atoms with van der Waals surface area (Å²) in [6.45, 7) is 2.36. The van der Waals surface area contributed by atoms with E-state index in [1.807, 2.05) is 37.3 Å². The molecule has 0 aliphatic carbocycles. The van der Waals surface area contributed by atoms with Crippen molar-refractivity contribution in [1.82, 2.24) is 10.3 Å². The number of aromatic amines is 1. The van der Waals surface area contributed by atoms with Crippen molar-refractivity contribution in [3.8, 4) is 11.5 Å². The predicted molar refractivity (Wildman–Crippen MR) is 109 cm³/mol. The van der Waals surface area contributed by atoms with Gasteiger partial charge in [0.25, 0.3) is 5.56 Å². The van der Waals surface area contributed by atoms with Crippen LogP contribution in [0.15, 0.2) is 47.3 Å². The maximum Gasteiger partial charge on any atom is 0.251 e. The highest BCUT2D eigenvalue weighted by Gasteiger charge is 2.09. The number of ether oxygens (including phenoxy) is 2. The summed E-state index contributed by atoms with van der Waals surface area (Å²) in [5.74, 6) is 1.10. The summed E-state index contributed by atoms with van der Waals surface area (Å²) in [4.78, 5) is 27.5. The summed E-state index contributed by atoms with van der Waals surface area (Å²) in [6.07, 6.45) is 0.699. The highest BCUT2D eigenvalue weighted by atomic mass is 16.5. The van der Waals surface area contributed by atoms with Gasteiger partial charge in [0.1, 0.15) is 0 Å². The van der Waals surface area contributed by atoms with Crippen LogP contribution in [-0.4, -0.2) is 31.7 Å². The number of rotatable bonds is 7. The van der Waals surface area contributed by atoms with E-state index in [4.69, 9.17) is 9.47 Å². The molecule has 146 valence electrons. The van der Waals surface area contributed by atoms with Crippen molar-refractivity contribution in [2.45, 2.75) is 19.8 Å². The topological polar surface area (TPSA) is 80.4 Å². The maximum atomic E-state index is 12.3. The number of hydrogen-bond donors (Lipinski definition) is 2. The number of aryl methyl sites for hydroxylation is 1. The Kier molecular flexibility index (Phi) is 5.99. The normalized spacial score (nSPS) is 10.7. The zero-order valence-corrected chi connectivity index (χ0v) is 16.3. The fourth-order valence-corrected chi connectivity index (χ4v) is 3.19. The van der Waals surface area contributed by atoms with Gasteiger partial charge in [0.15, 0.2) is 11.5 Å². The third-order valence-electron chi connectivity index (χ3n) is 4.69. The van der Waals surface area contributed by atoms with Crippen molar-refractivity contribution in [3.05, 3.63) is 69.5 Å². The lowest BCUT2D eigenvalue weighted by Gasteiger charge is -2.10. The second kappa shape index (κ2) is 8.61. The van der Waals surface area contributed by atoms with Crippen LogP contribution in [0.5, 0.6) is 11.5 Å². The first-order chi connectivity index (χ1) is 13.5. The first kappa shape index (κ1) is 19.5. The Bertz CT molecular complexity index is 1060. The van der Waals surface area contributed by atoms with Gasteiger partial charge in [0.05, 0.1) is 26.2 Å². The summed E-state index contributed by atoms with van der Waals surface area (Å²) in [5, 5.41) is 3.86. The molecule has 2 N–H and O–H groups in total. The molecule has 6 heteroatoms. The van der Waals surface area contributed by atoms with Gasteiger partial charge in [-0.2, -0.15) is 0 Å². The number of methoxy groups -OCH3 is 2. The molecule has 0 aliphatic rings. The Morgan fingerprint density at radius 3 is 2.61 bits per heavy atom. The van der Waals surface area contributed by atoms with Crippen LogP contribution in [0.25, 0.3) is 10.9 Å². The minimum Gasteiger partial charge on any atom is -0.493 e. The second-order valence-corrected chi connectivity index (χ2v) is 6.63. The zero-order valence-electron chi connectivity index (χ0n) is 16.3. The molecule has 0 radical (unpaired) electrons. The minimum atomic E-state index is -0.115. The van der Waals surface area contributed by atoms with E-state index in [-0.39, 0.29) is 17.9 Å². The third-order valence-corrected chi connectivity index (χ3v) is 4.69. The molecule has 0 saturated heterocycles. The summed E-state index contributed by atoms with van der Waals surface area (Å²) < 4.78 is 10.5. The fourth-order valence-electron chi connectivity index (χ4n) is 3.19. The molecule has 0 fully saturated rings. The monoisotopic (exact) mass is 380 g/mol. The zero-order chi connectivity index (χ0) is 20.1. The molecule has 3 rings (SSSR count). The van der Waals surface area contributed by atoms with Gasteiger partial charge in [0, 0.05) is 12.1 Å². The summed E-state index contributed by atoms with van der Waals surface area (Å²) in [7, 11) is 3.13. The third kappa shape index (κ3) is 4.34. The van der Waals surface area contributed by atoms with Crippen LogP contribution < -0.4 is 20.3 Å². The van der Waals surface area contributed by atoms with E-state index in [0.29, 0.717) is 30.0 Å². The lowest BCUT2D eigenvalue weighted by atomic mass is 10.1. The number of para-hydroxylation sites is 1. The van der Waals surface area contributed by atoms with Crippen LogP contribution in [0.1, 0.15) is 16.7 Å². The summed E-state index contributed by atoms with van der Waals surface area (Å²) >= 11 is 0. The number of pyridine rings is 1. The van der Waals surface area contributed by atoms with Crippen LogP contribution in [-0.2, 0) is 17.6 Å². The molecule has 1 heterocycles. The van der Waals surface area contributed by atoms with E-state index in [1.54, 1.807) is 26.4 Å². The molecule has 0 atom stereocenters. The van der Waals surface area contributed by atoms with E-state index in [9.17, 15) is 9.59 Å². The smallest absolute Gasteiger partial charge is 0.251 e. The van der Waals surface area contributed by atoms with Crippen molar-refractivity contribution in [2.75, 3.05) is 20.8 Å². The van der Waals surface area contributed by atoms with Gasteiger partial charge in [0.2, 0.25) is 5.91 Å². The van der Waals surface area contributed by atoms with Crippen molar-refractivity contribution in [1.29, 1.82) is 0 Å². The van der Waals surface area contributed by atoms with Crippen LogP contribution in [0.2, 0.25) is 0 Å². The van der Waals surface area contributed by atoms with Crippen molar-refractivity contribution < 1.29 is 14.3 Å². The molecule has 0 aliphatic heterocycles. The average molecular weight is 380 g/mol. The van der Waals surface area contributed by atoms with Crippen LogP contribution in [0, 0.1) is 6.92 Å². The van der Waals surface area contributed by atoms with E-state index >= 15 is 0 Å². The quantitative estimate of drug-likeness (QED) is 0.660. The Morgan fingerprint density at radius 1 is 1.07 bits per heavy atom. The molecule has 0 bridgehead atoms. The predicted octanol–water partition coefficient (Wildman–Crippen LogP) is 2.76. The number of carbonyl (C=O) groups is 1. The van der Waals surface area contributed by atoms with Crippen molar-refractivity contribution in [3.63, 3.8) is 0 Å². The minimum absolute atomic E-state index is 0.111. The first-order valence-corrected chi connectivity index (χ1v) is 9.11. The molecule has 28 heavy (non-hydrogen) atoms. The number of amides is 1. The molecule has 0 saturated carbocycles.